The van der Waals surface area contributed by atoms with Crippen molar-refractivity contribution in [1.82, 2.24) is 5.32 Å². The predicted octanol–water partition coefficient (Wildman–Crippen LogP) is 1.11. The van der Waals surface area contributed by atoms with Crippen LogP contribution in [0.25, 0.3) is 0 Å². The van der Waals surface area contributed by atoms with E-state index in [1.54, 1.807) is 6.92 Å². The van der Waals surface area contributed by atoms with Crippen molar-refractivity contribution < 1.29 is 13.7 Å². The lowest BCUT2D eigenvalue weighted by Gasteiger charge is -2.19. The van der Waals surface area contributed by atoms with Gasteiger partial charge in [0.1, 0.15) is 0 Å². The van der Waals surface area contributed by atoms with Gasteiger partial charge in [-0.25, -0.2) is 4.79 Å². The van der Waals surface area contributed by atoms with E-state index in [-0.39, 0.29) is 11.3 Å². The van der Waals surface area contributed by atoms with Gasteiger partial charge in [0.25, 0.3) is 0 Å². The van der Waals surface area contributed by atoms with Crippen LogP contribution >= 0.6 is 11.6 Å². The van der Waals surface area contributed by atoms with E-state index in [9.17, 15) is 9.00 Å². The molecule has 0 bridgehead atoms. The average Bonchev–Trinajstić information content (AvgIpc) is 2.16. The minimum Gasteiger partial charge on any atom is -0.453 e. The fourth-order valence-electron chi connectivity index (χ4n) is 0.852. The average molecular weight is 242 g/mol. The van der Waals surface area contributed by atoms with Crippen molar-refractivity contribution in [3.8, 4) is 0 Å². The Kier molecular flexibility index (Phi) is 6.92. The van der Waals surface area contributed by atoms with Crippen LogP contribution in [-0.4, -0.2) is 40.3 Å². The van der Waals surface area contributed by atoms with Gasteiger partial charge in [-0.15, -0.1) is 11.6 Å². The molecule has 0 aliphatic heterocycles. The van der Waals surface area contributed by atoms with Gasteiger partial charge in [0.2, 0.25) is 0 Å². The van der Waals surface area contributed by atoms with Crippen LogP contribution in [0.15, 0.2) is 0 Å². The highest BCUT2D eigenvalue weighted by Crippen LogP contribution is 2.03. The van der Waals surface area contributed by atoms with Crippen LogP contribution in [0, 0.1) is 0 Å². The summed E-state index contributed by atoms with van der Waals surface area (Å²) in [6.45, 7) is 3.59. The van der Waals surface area contributed by atoms with Crippen molar-refractivity contribution in [3.05, 3.63) is 0 Å². The van der Waals surface area contributed by atoms with Crippen molar-refractivity contribution in [2.24, 2.45) is 0 Å². The van der Waals surface area contributed by atoms with Gasteiger partial charge >= 0.3 is 6.09 Å². The molecule has 6 heteroatoms. The van der Waals surface area contributed by atoms with Crippen LogP contribution in [0.2, 0.25) is 0 Å². The molecule has 0 aromatic carbocycles. The second-order valence-corrected chi connectivity index (χ2v) is 5.19. The summed E-state index contributed by atoms with van der Waals surface area (Å²) >= 11 is 5.47. The smallest absolute Gasteiger partial charge is 0.407 e. The Hall–Kier alpha value is -0.290. The van der Waals surface area contributed by atoms with Crippen LogP contribution in [0.4, 0.5) is 4.79 Å². The van der Waals surface area contributed by atoms with Gasteiger partial charge in [0.05, 0.1) is 12.4 Å². The summed E-state index contributed by atoms with van der Waals surface area (Å²) in [6, 6.07) is -0.188. The molecule has 3 atom stereocenters. The van der Waals surface area contributed by atoms with Crippen molar-refractivity contribution in [2.75, 3.05) is 18.7 Å². The topological polar surface area (TPSA) is 55.4 Å². The third-order valence-corrected chi connectivity index (χ3v) is 4.19. The number of halogens is 1. The molecule has 0 spiro atoms. The van der Waals surface area contributed by atoms with E-state index in [2.05, 4.69) is 10.1 Å². The van der Waals surface area contributed by atoms with Crippen LogP contribution in [-0.2, 0) is 15.5 Å². The standard InChI is InChI=1S/C8H16ClNO3S/c1-6(10-8(11)13-3)7(2)14(12)5-4-9/h6-7H,4-5H2,1-3H3,(H,10,11)/t6-,7?,14?/m0/s1. The molecule has 14 heavy (non-hydrogen) atoms. The first-order valence-electron chi connectivity index (χ1n) is 4.30. The van der Waals surface area contributed by atoms with Gasteiger partial charge in [0, 0.05) is 28.5 Å². The zero-order valence-electron chi connectivity index (χ0n) is 8.58. The summed E-state index contributed by atoms with van der Waals surface area (Å²) in [4.78, 5) is 10.8. The number of methoxy groups -OCH3 is 1. The number of hydrogen-bond donors (Lipinski definition) is 1. The number of rotatable bonds is 5. The number of ether oxygens (including phenoxy) is 1. The van der Waals surface area contributed by atoms with Crippen LogP contribution < -0.4 is 5.32 Å². The minimum absolute atomic E-state index is 0.132. The van der Waals surface area contributed by atoms with Crippen molar-refractivity contribution in [3.63, 3.8) is 0 Å². The van der Waals surface area contributed by atoms with Gasteiger partial charge < -0.3 is 10.1 Å². The lowest BCUT2D eigenvalue weighted by molar-refractivity contribution is 0.167. The molecule has 0 rings (SSSR count). The van der Waals surface area contributed by atoms with Crippen molar-refractivity contribution >= 4 is 28.5 Å². The monoisotopic (exact) mass is 241 g/mol. The predicted molar refractivity (Wildman–Crippen MR) is 58.2 cm³/mol. The molecule has 4 nitrogen and oxygen atoms in total. The molecule has 1 N–H and O–H groups in total. The maximum absolute atomic E-state index is 11.5. The SMILES string of the molecule is COC(=O)N[C@@H](C)C(C)S(=O)CCCl. The molecule has 1 amide bonds. The zero-order valence-corrected chi connectivity index (χ0v) is 10.2. The molecule has 2 unspecified atom stereocenters. The molecular weight excluding hydrogens is 226 g/mol. The zero-order chi connectivity index (χ0) is 11.1. The van der Waals surface area contributed by atoms with Gasteiger partial charge in [-0.3, -0.25) is 4.21 Å². The second kappa shape index (κ2) is 7.06. The van der Waals surface area contributed by atoms with Crippen molar-refractivity contribution in [1.29, 1.82) is 0 Å². The summed E-state index contributed by atoms with van der Waals surface area (Å²) in [7, 11) is 0.279. The highest BCUT2D eigenvalue weighted by Gasteiger charge is 2.19. The first kappa shape index (κ1) is 13.7. The molecule has 84 valence electrons. The van der Waals surface area contributed by atoms with E-state index in [1.807, 2.05) is 6.92 Å². The van der Waals surface area contributed by atoms with Gasteiger partial charge in [-0.2, -0.15) is 0 Å². The summed E-state index contributed by atoms with van der Waals surface area (Å²) in [6.07, 6.45) is -0.507. The lowest BCUT2D eigenvalue weighted by atomic mass is 10.2. The molecule has 0 aromatic rings. The Morgan fingerprint density at radius 2 is 2.14 bits per heavy atom. The molecule has 0 heterocycles. The van der Waals surface area contributed by atoms with E-state index in [4.69, 9.17) is 11.6 Å². The largest absolute Gasteiger partial charge is 0.453 e. The molecule has 0 aromatic heterocycles. The number of alkyl halides is 1. The molecule has 0 fully saturated rings. The fourth-order valence-corrected chi connectivity index (χ4v) is 2.36. The van der Waals surface area contributed by atoms with Crippen LogP contribution in [0.5, 0.6) is 0 Å². The highest BCUT2D eigenvalue weighted by atomic mass is 35.5. The number of hydrogen-bond acceptors (Lipinski definition) is 3. The van der Waals surface area contributed by atoms with E-state index in [0.717, 1.165) is 0 Å². The first-order chi connectivity index (χ1) is 6.52. The number of nitrogens with one attached hydrogen (secondary N) is 1. The second-order valence-electron chi connectivity index (χ2n) is 2.90. The maximum Gasteiger partial charge on any atom is 0.407 e. The maximum atomic E-state index is 11.5. The van der Waals surface area contributed by atoms with E-state index >= 15 is 0 Å². The summed E-state index contributed by atoms with van der Waals surface area (Å²) < 4.78 is 15.9. The minimum atomic E-state index is -1.02. The van der Waals surface area contributed by atoms with Gasteiger partial charge in [0.15, 0.2) is 0 Å². The Morgan fingerprint density at radius 3 is 2.57 bits per heavy atom. The Bertz CT molecular complexity index is 213. The van der Waals surface area contributed by atoms with E-state index in [1.165, 1.54) is 7.11 Å². The van der Waals surface area contributed by atoms with Crippen molar-refractivity contribution in [2.45, 2.75) is 25.1 Å². The Morgan fingerprint density at radius 1 is 1.57 bits per heavy atom. The molecule has 0 saturated carbocycles. The molecule has 0 aliphatic rings. The number of alkyl carbamates (subject to hydrolysis) is 1. The molecule has 0 saturated heterocycles. The van der Waals surface area contributed by atoms with E-state index < -0.39 is 16.9 Å². The van der Waals surface area contributed by atoms with E-state index in [0.29, 0.717) is 11.6 Å². The van der Waals surface area contributed by atoms with Gasteiger partial charge in [-0.1, -0.05) is 0 Å². The normalized spacial score (nSPS) is 16.9. The third-order valence-electron chi connectivity index (χ3n) is 1.93. The molecule has 0 aliphatic carbocycles. The first-order valence-corrected chi connectivity index (χ1v) is 6.22. The number of carbonyl (C=O) groups excluding carboxylic acids is 1. The number of carbonyl (C=O) groups is 1. The number of amides is 1. The summed E-state index contributed by atoms with van der Waals surface area (Å²) in [5.74, 6) is 0.803. The van der Waals surface area contributed by atoms with Crippen LogP contribution in [0.3, 0.4) is 0 Å². The highest BCUT2D eigenvalue weighted by molar-refractivity contribution is 7.85. The Labute approximate surface area is 91.8 Å². The fraction of sp³-hybridized carbons (Fsp3) is 0.875. The quantitative estimate of drug-likeness (QED) is 0.734. The lowest BCUT2D eigenvalue weighted by Crippen LogP contribution is -2.42. The van der Waals surface area contributed by atoms with Gasteiger partial charge in [-0.05, 0) is 13.8 Å². The van der Waals surface area contributed by atoms with Crippen LogP contribution in [0.1, 0.15) is 13.8 Å². The third kappa shape index (κ3) is 4.81. The Balaban J connectivity index is 4.04. The summed E-state index contributed by atoms with van der Waals surface area (Å²) in [5, 5.41) is 2.44. The molecule has 0 radical (unpaired) electrons. The molecular formula is C8H16ClNO3S. The summed E-state index contributed by atoms with van der Waals surface area (Å²) in [5.41, 5.74) is 0.